The standard InChI is InChI=1S/C15H14BrFN2O/c1-10-7-8-11(9-13(10)17)18-15(20)19(2)14-6-4-3-5-12(14)16/h3-9H,1-2H3,(H,18,20). The summed E-state index contributed by atoms with van der Waals surface area (Å²) in [4.78, 5) is 13.6. The Bertz CT molecular complexity index is 646. The van der Waals surface area contributed by atoms with Gasteiger partial charge in [-0.3, -0.25) is 4.90 Å². The molecule has 0 bridgehead atoms. The smallest absolute Gasteiger partial charge is 0.307 e. The second kappa shape index (κ2) is 6.05. The molecule has 104 valence electrons. The van der Waals surface area contributed by atoms with Crippen LogP contribution in [0.3, 0.4) is 0 Å². The van der Waals surface area contributed by atoms with E-state index < -0.39 is 0 Å². The second-order valence-electron chi connectivity index (χ2n) is 4.40. The topological polar surface area (TPSA) is 32.3 Å². The normalized spacial score (nSPS) is 10.2. The van der Waals surface area contributed by atoms with Crippen LogP contribution in [0.1, 0.15) is 5.56 Å². The Morgan fingerprint density at radius 2 is 1.95 bits per heavy atom. The number of amides is 2. The Labute approximate surface area is 125 Å². The fraction of sp³-hybridized carbons (Fsp3) is 0.133. The van der Waals surface area contributed by atoms with Crippen LogP contribution in [-0.4, -0.2) is 13.1 Å². The number of nitrogens with one attached hydrogen (secondary N) is 1. The zero-order valence-electron chi connectivity index (χ0n) is 11.2. The first-order valence-electron chi connectivity index (χ1n) is 6.04. The third-order valence-corrected chi connectivity index (χ3v) is 3.61. The summed E-state index contributed by atoms with van der Waals surface area (Å²) in [6.07, 6.45) is 0. The number of hydrogen-bond acceptors (Lipinski definition) is 1. The number of aryl methyl sites for hydroxylation is 1. The molecule has 2 rings (SSSR count). The summed E-state index contributed by atoms with van der Waals surface area (Å²) in [5, 5.41) is 2.66. The molecular formula is C15H14BrFN2O. The van der Waals surface area contributed by atoms with Gasteiger partial charge in [-0.05, 0) is 52.7 Å². The number of halogens is 2. The minimum Gasteiger partial charge on any atom is -0.307 e. The van der Waals surface area contributed by atoms with Gasteiger partial charge in [0.15, 0.2) is 0 Å². The number of hydrogen-bond donors (Lipinski definition) is 1. The molecule has 0 unspecified atom stereocenters. The highest BCUT2D eigenvalue weighted by Gasteiger charge is 2.13. The van der Waals surface area contributed by atoms with Gasteiger partial charge in [-0.1, -0.05) is 18.2 Å². The molecule has 2 aromatic rings. The molecule has 2 aromatic carbocycles. The van der Waals surface area contributed by atoms with Crippen LogP contribution >= 0.6 is 15.9 Å². The van der Waals surface area contributed by atoms with Gasteiger partial charge in [0.2, 0.25) is 0 Å². The van der Waals surface area contributed by atoms with Gasteiger partial charge in [0.1, 0.15) is 5.82 Å². The van der Waals surface area contributed by atoms with E-state index in [1.54, 1.807) is 26.1 Å². The summed E-state index contributed by atoms with van der Waals surface area (Å²) < 4.78 is 14.3. The lowest BCUT2D eigenvalue weighted by Gasteiger charge is -2.19. The number of para-hydroxylation sites is 1. The van der Waals surface area contributed by atoms with Crippen molar-refractivity contribution in [2.24, 2.45) is 0 Å². The van der Waals surface area contributed by atoms with Crippen molar-refractivity contribution in [3.8, 4) is 0 Å². The molecule has 5 heteroatoms. The largest absolute Gasteiger partial charge is 0.326 e. The van der Waals surface area contributed by atoms with Gasteiger partial charge in [-0.2, -0.15) is 0 Å². The molecule has 0 spiro atoms. The number of carbonyl (C=O) groups is 1. The number of rotatable bonds is 2. The molecule has 0 aliphatic heterocycles. The second-order valence-corrected chi connectivity index (χ2v) is 5.26. The van der Waals surface area contributed by atoms with E-state index in [0.717, 1.165) is 10.2 Å². The van der Waals surface area contributed by atoms with E-state index in [9.17, 15) is 9.18 Å². The predicted octanol–water partition coefficient (Wildman–Crippen LogP) is 4.56. The molecule has 1 N–H and O–H groups in total. The molecule has 0 saturated carbocycles. The van der Waals surface area contributed by atoms with Gasteiger partial charge in [0.05, 0.1) is 5.69 Å². The summed E-state index contributed by atoms with van der Waals surface area (Å²) in [5.41, 5.74) is 1.71. The zero-order chi connectivity index (χ0) is 14.7. The Morgan fingerprint density at radius 3 is 2.60 bits per heavy atom. The first kappa shape index (κ1) is 14.5. The molecule has 0 aromatic heterocycles. The third-order valence-electron chi connectivity index (χ3n) is 2.94. The van der Waals surface area contributed by atoms with Crippen molar-refractivity contribution in [2.45, 2.75) is 6.92 Å². The highest BCUT2D eigenvalue weighted by atomic mass is 79.9. The molecule has 0 aliphatic carbocycles. The van der Waals surface area contributed by atoms with Crippen molar-refractivity contribution in [1.82, 2.24) is 0 Å². The van der Waals surface area contributed by atoms with E-state index in [-0.39, 0.29) is 11.8 Å². The lowest BCUT2D eigenvalue weighted by Crippen LogP contribution is -2.31. The van der Waals surface area contributed by atoms with Crippen LogP contribution < -0.4 is 10.2 Å². The van der Waals surface area contributed by atoms with Crippen LogP contribution in [0.4, 0.5) is 20.6 Å². The van der Waals surface area contributed by atoms with E-state index in [4.69, 9.17) is 0 Å². The van der Waals surface area contributed by atoms with Crippen molar-refractivity contribution >= 4 is 33.3 Å². The average molecular weight is 337 g/mol. The van der Waals surface area contributed by atoms with Crippen LogP contribution in [0.15, 0.2) is 46.9 Å². The van der Waals surface area contributed by atoms with Crippen LogP contribution in [0.25, 0.3) is 0 Å². The quantitative estimate of drug-likeness (QED) is 0.856. The predicted molar refractivity (Wildman–Crippen MR) is 82.7 cm³/mol. The van der Waals surface area contributed by atoms with Gasteiger partial charge >= 0.3 is 6.03 Å². The number of nitrogens with zero attached hydrogens (tertiary/aromatic N) is 1. The van der Waals surface area contributed by atoms with E-state index in [1.807, 2.05) is 24.3 Å². The highest BCUT2D eigenvalue weighted by molar-refractivity contribution is 9.10. The minimum absolute atomic E-state index is 0.333. The van der Waals surface area contributed by atoms with Crippen molar-refractivity contribution in [3.63, 3.8) is 0 Å². The molecule has 0 saturated heterocycles. The number of carbonyl (C=O) groups excluding carboxylic acids is 1. The summed E-state index contributed by atoms with van der Waals surface area (Å²) in [5.74, 6) is -0.341. The Hall–Kier alpha value is -1.88. The monoisotopic (exact) mass is 336 g/mol. The van der Waals surface area contributed by atoms with E-state index in [2.05, 4.69) is 21.2 Å². The van der Waals surface area contributed by atoms with Gasteiger partial charge in [-0.15, -0.1) is 0 Å². The fourth-order valence-corrected chi connectivity index (χ4v) is 2.26. The molecule has 0 radical (unpaired) electrons. The summed E-state index contributed by atoms with van der Waals surface area (Å²) in [6.45, 7) is 1.67. The van der Waals surface area contributed by atoms with Gasteiger partial charge in [0, 0.05) is 17.2 Å². The van der Waals surface area contributed by atoms with E-state index >= 15 is 0 Å². The molecular weight excluding hydrogens is 323 g/mol. The van der Waals surface area contributed by atoms with Gasteiger partial charge in [-0.25, -0.2) is 9.18 Å². The summed E-state index contributed by atoms with van der Waals surface area (Å²) >= 11 is 3.39. The van der Waals surface area contributed by atoms with Crippen molar-refractivity contribution in [3.05, 3.63) is 58.3 Å². The first-order chi connectivity index (χ1) is 9.49. The maximum atomic E-state index is 13.4. The van der Waals surface area contributed by atoms with Crippen LogP contribution in [0.5, 0.6) is 0 Å². The maximum absolute atomic E-state index is 13.4. The van der Waals surface area contributed by atoms with Crippen LogP contribution in [-0.2, 0) is 0 Å². The maximum Gasteiger partial charge on any atom is 0.326 e. The van der Waals surface area contributed by atoms with Crippen LogP contribution in [0, 0.1) is 12.7 Å². The summed E-state index contributed by atoms with van der Waals surface area (Å²) in [7, 11) is 1.65. The molecule has 0 fully saturated rings. The Balaban J connectivity index is 2.15. The van der Waals surface area contributed by atoms with E-state index in [1.165, 1.54) is 11.0 Å². The lowest BCUT2D eigenvalue weighted by atomic mass is 10.2. The van der Waals surface area contributed by atoms with Crippen LogP contribution in [0.2, 0.25) is 0 Å². The third kappa shape index (κ3) is 3.17. The molecule has 20 heavy (non-hydrogen) atoms. The Kier molecular flexibility index (Phi) is 4.39. The van der Waals surface area contributed by atoms with Crippen molar-refractivity contribution in [1.29, 1.82) is 0 Å². The number of benzene rings is 2. The lowest BCUT2D eigenvalue weighted by molar-refractivity contribution is 0.258. The van der Waals surface area contributed by atoms with E-state index in [0.29, 0.717) is 11.3 Å². The SMILES string of the molecule is Cc1ccc(NC(=O)N(C)c2ccccc2Br)cc1F. The molecule has 2 amide bonds. The molecule has 0 aliphatic rings. The van der Waals surface area contributed by atoms with Crippen molar-refractivity contribution < 1.29 is 9.18 Å². The molecule has 3 nitrogen and oxygen atoms in total. The van der Waals surface area contributed by atoms with Gasteiger partial charge in [0.25, 0.3) is 0 Å². The number of anilines is 2. The summed E-state index contributed by atoms with van der Waals surface area (Å²) in [6, 6.07) is 11.7. The van der Waals surface area contributed by atoms with Gasteiger partial charge < -0.3 is 5.32 Å². The highest BCUT2D eigenvalue weighted by Crippen LogP contribution is 2.25. The zero-order valence-corrected chi connectivity index (χ0v) is 12.7. The average Bonchev–Trinajstić information content (AvgIpc) is 2.42. The fourth-order valence-electron chi connectivity index (χ4n) is 1.71. The molecule has 0 heterocycles. The number of urea groups is 1. The van der Waals surface area contributed by atoms with Crippen molar-refractivity contribution in [2.75, 3.05) is 17.3 Å². The first-order valence-corrected chi connectivity index (χ1v) is 6.83. The minimum atomic E-state index is -0.341. The Morgan fingerprint density at radius 1 is 1.25 bits per heavy atom. The molecule has 0 atom stereocenters.